The molecule has 4 rings (SSSR count). The predicted molar refractivity (Wildman–Crippen MR) is 93.4 cm³/mol. The number of nitrogens with zero attached hydrogens (tertiary/aromatic N) is 1. The first-order valence-electron chi connectivity index (χ1n) is 7.56. The van der Waals surface area contributed by atoms with Gasteiger partial charge in [-0.05, 0) is 29.8 Å². The minimum Gasteiger partial charge on any atom is -0.413 e. The Bertz CT molecular complexity index is 1120. The van der Waals surface area contributed by atoms with Gasteiger partial charge in [0.05, 0.1) is 10.8 Å². The second-order valence-corrected chi connectivity index (χ2v) is 6.49. The zero-order chi connectivity index (χ0) is 17.4. The number of aryl methyl sites for hydroxylation is 1. The molecule has 0 N–H and O–H groups in total. The van der Waals surface area contributed by atoms with Crippen LogP contribution in [-0.2, 0) is 7.05 Å². The number of ether oxygens (including phenoxy) is 1. The van der Waals surface area contributed by atoms with Crippen LogP contribution < -0.4 is 14.2 Å². The van der Waals surface area contributed by atoms with Gasteiger partial charge in [-0.15, -0.1) is 0 Å². The largest absolute Gasteiger partial charge is 0.413 e. The molecule has 2 heterocycles. The van der Waals surface area contributed by atoms with Gasteiger partial charge >= 0.3 is 10.8 Å². The van der Waals surface area contributed by atoms with Crippen molar-refractivity contribution in [3.05, 3.63) is 76.3 Å². The molecule has 0 aliphatic heterocycles. The third-order valence-corrected chi connectivity index (χ3v) is 4.57. The number of pyridine rings is 1. The van der Waals surface area contributed by atoms with Gasteiger partial charge in [0.2, 0.25) is 0 Å². The lowest BCUT2D eigenvalue weighted by Gasteiger charge is -2.07. The number of benzene rings is 2. The van der Waals surface area contributed by atoms with Crippen molar-refractivity contribution in [3.63, 3.8) is 0 Å². The third-order valence-electron chi connectivity index (χ3n) is 3.79. The fourth-order valence-corrected chi connectivity index (χ4v) is 3.31. The molecular weight excluding hydrogens is 341 g/mol. The van der Waals surface area contributed by atoms with E-state index in [2.05, 4.69) is 0 Å². The van der Waals surface area contributed by atoms with E-state index in [0.29, 0.717) is 27.5 Å². The van der Waals surface area contributed by atoms with E-state index in [1.165, 1.54) is 12.1 Å². The first kappa shape index (κ1) is 15.5. The van der Waals surface area contributed by atoms with Crippen LogP contribution in [0.4, 0.5) is 4.39 Å². The van der Waals surface area contributed by atoms with Crippen LogP contribution in [0.15, 0.2) is 70.0 Å². The Morgan fingerprint density at radius 3 is 2.68 bits per heavy atom. The molecular formula is C19H13FNO3S+. The Labute approximate surface area is 146 Å². The van der Waals surface area contributed by atoms with Crippen molar-refractivity contribution in [2.75, 3.05) is 0 Å². The average Bonchev–Trinajstić information content (AvgIpc) is 2.97. The van der Waals surface area contributed by atoms with Gasteiger partial charge in [-0.2, -0.15) is 4.57 Å². The van der Waals surface area contributed by atoms with Gasteiger partial charge in [-0.25, -0.2) is 9.18 Å². The van der Waals surface area contributed by atoms with Gasteiger partial charge in [0.15, 0.2) is 11.8 Å². The molecule has 0 amide bonds. The Hall–Kier alpha value is -2.99. The molecule has 0 bridgehead atoms. The van der Waals surface area contributed by atoms with Gasteiger partial charge in [0, 0.05) is 17.7 Å². The summed E-state index contributed by atoms with van der Waals surface area (Å²) >= 11 is 1.01. The number of halogens is 1. The summed E-state index contributed by atoms with van der Waals surface area (Å²) in [6.45, 7) is 0. The molecule has 0 saturated carbocycles. The molecule has 0 fully saturated rings. The molecule has 0 radical (unpaired) electrons. The Balaban J connectivity index is 1.88. The van der Waals surface area contributed by atoms with Gasteiger partial charge in [-0.1, -0.05) is 23.5 Å². The van der Waals surface area contributed by atoms with Crippen molar-refractivity contribution in [2.45, 2.75) is 0 Å². The maximum atomic E-state index is 13.2. The van der Waals surface area contributed by atoms with Crippen LogP contribution in [0.3, 0.4) is 0 Å². The highest BCUT2D eigenvalue weighted by Gasteiger charge is 2.15. The lowest BCUT2D eigenvalue weighted by Crippen LogP contribution is -2.28. The Morgan fingerprint density at radius 2 is 1.92 bits per heavy atom. The Morgan fingerprint density at radius 1 is 1.12 bits per heavy atom. The second-order valence-electron chi connectivity index (χ2n) is 5.51. The van der Waals surface area contributed by atoms with E-state index in [-0.39, 0.29) is 10.8 Å². The maximum absolute atomic E-state index is 13.2. The van der Waals surface area contributed by atoms with E-state index in [1.807, 2.05) is 36.0 Å². The Kier molecular flexibility index (Phi) is 3.82. The van der Waals surface area contributed by atoms with E-state index in [9.17, 15) is 9.18 Å². The summed E-state index contributed by atoms with van der Waals surface area (Å²) in [5.74, 6) is 0.906. The van der Waals surface area contributed by atoms with Crippen LogP contribution in [0.5, 0.6) is 11.6 Å². The van der Waals surface area contributed by atoms with Gasteiger partial charge in [0.25, 0.3) is 0 Å². The van der Waals surface area contributed by atoms with Crippen molar-refractivity contribution in [3.8, 4) is 22.8 Å². The summed E-state index contributed by atoms with van der Waals surface area (Å²) in [5, 5.41) is 0. The molecule has 0 spiro atoms. The topological polar surface area (TPSA) is 43.3 Å². The van der Waals surface area contributed by atoms with Crippen LogP contribution in [-0.4, -0.2) is 0 Å². The summed E-state index contributed by atoms with van der Waals surface area (Å²) < 4.78 is 27.0. The predicted octanol–water partition coefficient (Wildman–Crippen LogP) is 4.28. The summed E-state index contributed by atoms with van der Waals surface area (Å²) in [4.78, 5) is 11.3. The van der Waals surface area contributed by atoms with Gasteiger partial charge in [0.1, 0.15) is 18.6 Å². The van der Waals surface area contributed by atoms with E-state index in [1.54, 1.807) is 24.3 Å². The monoisotopic (exact) mass is 354 g/mol. The fraction of sp³-hybridized carbons (Fsp3) is 0.0526. The quantitative estimate of drug-likeness (QED) is 0.516. The molecule has 0 aliphatic rings. The van der Waals surface area contributed by atoms with Crippen molar-refractivity contribution < 1.29 is 18.1 Å². The van der Waals surface area contributed by atoms with Crippen molar-refractivity contribution >= 4 is 21.6 Å². The van der Waals surface area contributed by atoms with Crippen molar-refractivity contribution in [1.82, 2.24) is 0 Å². The molecule has 0 atom stereocenters. The molecule has 0 unspecified atom stereocenters. The highest BCUT2D eigenvalue weighted by atomic mass is 32.1. The van der Waals surface area contributed by atoms with Gasteiger partial charge < -0.3 is 9.15 Å². The molecule has 6 heteroatoms. The second kappa shape index (κ2) is 6.14. The van der Waals surface area contributed by atoms with Gasteiger partial charge in [-0.3, -0.25) is 0 Å². The standard InChI is InChI=1S/C19H13FNO3S/c1-21-9-3-2-4-17(21)23-14-10-15(12-5-7-13(20)8-6-12)18-16(11-14)25-19(22)24-18/h2-11H,1H3/q+1. The molecule has 25 heavy (non-hydrogen) atoms. The summed E-state index contributed by atoms with van der Waals surface area (Å²) in [6, 6.07) is 15.2. The van der Waals surface area contributed by atoms with Crippen LogP contribution in [0.1, 0.15) is 0 Å². The molecule has 2 aromatic heterocycles. The molecule has 0 saturated heterocycles. The minimum atomic E-state index is -0.388. The molecule has 4 nitrogen and oxygen atoms in total. The highest BCUT2D eigenvalue weighted by molar-refractivity contribution is 7.16. The smallest absolute Gasteiger partial charge is 0.396 e. The number of rotatable bonds is 3. The minimum absolute atomic E-state index is 0.324. The van der Waals surface area contributed by atoms with Crippen molar-refractivity contribution in [1.29, 1.82) is 0 Å². The summed E-state index contributed by atoms with van der Waals surface area (Å²) in [7, 11) is 1.88. The van der Waals surface area contributed by atoms with Crippen LogP contribution in [0.2, 0.25) is 0 Å². The van der Waals surface area contributed by atoms with E-state index in [0.717, 1.165) is 16.9 Å². The summed E-state index contributed by atoms with van der Waals surface area (Å²) in [6.07, 6.45) is 1.88. The SMILES string of the molecule is C[n+]1ccccc1Oc1cc(-c2ccc(F)cc2)c2oc(=O)sc2c1. The molecule has 2 aromatic carbocycles. The van der Waals surface area contributed by atoms with E-state index < -0.39 is 0 Å². The number of hydrogen-bond donors (Lipinski definition) is 0. The molecule has 124 valence electrons. The first-order chi connectivity index (χ1) is 12.1. The first-order valence-corrected chi connectivity index (χ1v) is 8.38. The van der Waals surface area contributed by atoms with Crippen LogP contribution in [0, 0.1) is 5.82 Å². The lowest BCUT2D eigenvalue weighted by atomic mass is 10.0. The molecule has 0 aliphatic carbocycles. The van der Waals surface area contributed by atoms with Crippen LogP contribution >= 0.6 is 11.3 Å². The summed E-state index contributed by atoms with van der Waals surface area (Å²) in [5.41, 5.74) is 1.91. The van der Waals surface area contributed by atoms with E-state index in [4.69, 9.17) is 9.15 Å². The van der Waals surface area contributed by atoms with Crippen molar-refractivity contribution in [2.24, 2.45) is 7.05 Å². The third kappa shape index (κ3) is 3.04. The fourth-order valence-electron chi connectivity index (χ4n) is 2.59. The maximum Gasteiger partial charge on any atom is 0.396 e. The lowest BCUT2D eigenvalue weighted by molar-refractivity contribution is -0.675. The average molecular weight is 354 g/mol. The number of aromatic nitrogens is 1. The van der Waals surface area contributed by atoms with Crippen LogP contribution in [0.25, 0.3) is 21.4 Å². The number of hydrogen-bond acceptors (Lipinski definition) is 4. The normalized spacial score (nSPS) is 11.0. The molecule has 4 aromatic rings. The zero-order valence-corrected chi connectivity index (χ0v) is 14.0. The zero-order valence-electron chi connectivity index (χ0n) is 13.2. The highest BCUT2D eigenvalue weighted by Crippen LogP contribution is 2.35. The van der Waals surface area contributed by atoms with E-state index >= 15 is 0 Å². The number of fused-ring (bicyclic) bond motifs is 1.